The largest absolute Gasteiger partial charge is 0.369 e. The summed E-state index contributed by atoms with van der Waals surface area (Å²) in [6.07, 6.45) is 4.11. The van der Waals surface area contributed by atoms with Crippen LogP contribution in [0, 0.1) is 5.92 Å². The van der Waals surface area contributed by atoms with Gasteiger partial charge in [-0.25, -0.2) is 0 Å². The maximum atomic E-state index is 11.2. The molecular weight excluding hydrogens is 266 g/mol. The minimum absolute atomic E-state index is 0.0338. The van der Waals surface area contributed by atoms with Crippen LogP contribution in [0.5, 0.6) is 0 Å². The van der Waals surface area contributed by atoms with Crippen LogP contribution in [0.1, 0.15) is 39.5 Å². The van der Waals surface area contributed by atoms with Crippen LogP contribution < -0.4 is 16.4 Å². The molecule has 1 rings (SSSR count). The maximum Gasteiger partial charge on any atom is 0.221 e. The number of likely N-dealkylation sites (tertiary alicyclic amines) is 1. The van der Waals surface area contributed by atoms with Crippen molar-refractivity contribution in [2.45, 2.75) is 45.6 Å². The number of aliphatic imine (C=N–C) groups is 1. The summed E-state index contributed by atoms with van der Waals surface area (Å²) >= 11 is 0. The summed E-state index contributed by atoms with van der Waals surface area (Å²) in [4.78, 5) is 17.8. The van der Waals surface area contributed by atoms with E-state index in [1.807, 2.05) is 0 Å². The number of nitrogens with zero attached hydrogens (tertiary/aromatic N) is 2. The van der Waals surface area contributed by atoms with E-state index in [1.165, 1.54) is 0 Å². The van der Waals surface area contributed by atoms with Gasteiger partial charge in [-0.15, -0.1) is 0 Å². The van der Waals surface area contributed by atoms with Crippen LogP contribution in [-0.2, 0) is 4.79 Å². The van der Waals surface area contributed by atoms with Gasteiger partial charge >= 0.3 is 0 Å². The molecule has 0 bridgehead atoms. The zero-order valence-corrected chi connectivity index (χ0v) is 13.7. The van der Waals surface area contributed by atoms with Crippen molar-refractivity contribution < 1.29 is 4.79 Å². The highest BCUT2D eigenvalue weighted by atomic mass is 16.1. The van der Waals surface area contributed by atoms with Crippen molar-refractivity contribution in [3.8, 4) is 0 Å². The first kappa shape index (κ1) is 17.8. The third-order valence-electron chi connectivity index (χ3n) is 4.07. The third kappa shape index (κ3) is 6.80. The molecule has 0 aliphatic carbocycles. The number of hydrogen-bond acceptors (Lipinski definition) is 3. The first-order valence-electron chi connectivity index (χ1n) is 8.05. The smallest absolute Gasteiger partial charge is 0.221 e. The molecule has 6 nitrogen and oxygen atoms in total. The third-order valence-corrected chi connectivity index (χ3v) is 4.07. The highest BCUT2D eigenvalue weighted by Crippen LogP contribution is 2.15. The number of amides is 1. The SMILES string of the molecule is CCC(C)NC(=NC)NCCCN1CCCC(C(N)=O)C1. The number of guanidine groups is 1. The molecular formula is C15H31N5O. The van der Waals surface area contributed by atoms with Gasteiger partial charge in [0.05, 0.1) is 5.92 Å². The van der Waals surface area contributed by atoms with E-state index < -0.39 is 0 Å². The number of hydrogen-bond donors (Lipinski definition) is 3. The van der Waals surface area contributed by atoms with Crippen molar-refractivity contribution in [3.63, 3.8) is 0 Å². The zero-order valence-electron chi connectivity index (χ0n) is 13.7. The quantitative estimate of drug-likeness (QED) is 0.364. The number of carbonyl (C=O) groups excluding carboxylic acids is 1. The predicted octanol–water partition coefficient (Wildman–Crippen LogP) is 0.537. The van der Waals surface area contributed by atoms with Crippen LogP contribution in [0.15, 0.2) is 4.99 Å². The van der Waals surface area contributed by atoms with Gasteiger partial charge in [-0.2, -0.15) is 0 Å². The molecule has 2 unspecified atom stereocenters. The minimum Gasteiger partial charge on any atom is -0.369 e. The van der Waals surface area contributed by atoms with Crippen molar-refractivity contribution in [1.82, 2.24) is 15.5 Å². The molecule has 1 heterocycles. The Hall–Kier alpha value is -1.30. The first-order chi connectivity index (χ1) is 10.1. The molecule has 1 fully saturated rings. The fourth-order valence-corrected chi connectivity index (χ4v) is 2.53. The normalized spacial score (nSPS) is 21.9. The average Bonchev–Trinajstić information content (AvgIpc) is 2.50. The van der Waals surface area contributed by atoms with E-state index in [2.05, 4.69) is 34.4 Å². The lowest BCUT2D eigenvalue weighted by Gasteiger charge is -2.31. The molecule has 0 aromatic carbocycles. The zero-order chi connectivity index (χ0) is 15.7. The summed E-state index contributed by atoms with van der Waals surface area (Å²) in [5.74, 6) is 0.737. The molecule has 6 heteroatoms. The monoisotopic (exact) mass is 297 g/mol. The maximum absolute atomic E-state index is 11.2. The Morgan fingerprint density at radius 2 is 2.29 bits per heavy atom. The van der Waals surface area contributed by atoms with Crippen molar-refractivity contribution >= 4 is 11.9 Å². The van der Waals surface area contributed by atoms with Crippen LogP contribution in [0.3, 0.4) is 0 Å². The Morgan fingerprint density at radius 1 is 1.52 bits per heavy atom. The van der Waals surface area contributed by atoms with Crippen LogP contribution in [-0.4, -0.2) is 56.0 Å². The van der Waals surface area contributed by atoms with Gasteiger partial charge in [-0.05, 0) is 45.7 Å². The van der Waals surface area contributed by atoms with Gasteiger partial charge in [0.25, 0.3) is 0 Å². The highest BCUT2D eigenvalue weighted by Gasteiger charge is 2.23. The van der Waals surface area contributed by atoms with Crippen molar-refractivity contribution in [2.24, 2.45) is 16.6 Å². The Labute approximate surface area is 128 Å². The second kappa shape index (κ2) is 9.60. The van der Waals surface area contributed by atoms with Crippen molar-refractivity contribution in [1.29, 1.82) is 0 Å². The number of carbonyl (C=O) groups is 1. The van der Waals surface area contributed by atoms with E-state index in [1.54, 1.807) is 7.05 Å². The number of nitrogens with one attached hydrogen (secondary N) is 2. The lowest BCUT2D eigenvalue weighted by atomic mass is 9.97. The number of primary amides is 1. The van der Waals surface area contributed by atoms with Crippen LogP contribution in [0.4, 0.5) is 0 Å². The predicted molar refractivity (Wildman–Crippen MR) is 87.2 cm³/mol. The fourth-order valence-electron chi connectivity index (χ4n) is 2.53. The van der Waals surface area contributed by atoms with Crippen LogP contribution in [0.25, 0.3) is 0 Å². The first-order valence-corrected chi connectivity index (χ1v) is 8.05. The molecule has 0 spiro atoms. The molecule has 4 N–H and O–H groups in total. The fraction of sp³-hybridized carbons (Fsp3) is 0.867. The molecule has 1 amide bonds. The molecule has 2 atom stereocenters. The lowest BCUT2D eigenvalue weighted by Crippen LogP contribution is -2.44. The van der Waals surface area contributed by atoms with E-state index in [0.29, 0.717) is 6.04 Å². The molecule has 0 saturated carbocycles. The standard InChI is InChI=1S/C15H31N5O/c1-4-12(2)19-15(17-3)18-8-6-10-20-9-5-7-13(11-20)14(16)21/h12-13H,4-11H2,1-3H3,(H2,16,21)(H2,17,18,19). The highest BCUT2D eigenvalue weighted by molar-refractivity contribution is 5.79. The molecule has 1 saturated heterocycles. The van der Waals surface area contributed by atoms with Crippen molar-refractivity contribution in [3.05, 3.63) is 0 Å². The Balaban J connectivity index is 2.19. The summed E-state index contributed by atoms with van der Waals surface area (Å²) in [6.45, 7) is 8.06. The Bertz CT molecular complexity index is 345. The number of piperidine rings is 1. The van der Waals surface area contributed by atoms with Gasteiger partial charge < -0.3 is 21.3 Å². The summed E-state index contributed by atoms with van der Waals surface area (Å²) in [5, 5.41) is 6.67. The topological polar surface area (TPSA) is 82.8 Å². The number of rotatable bonds is 7. The summed E-state index contributed by atoms with van der Waals surface area (Å²) in [6, 6.07) is 0.426. The molecule has 21 heavy (non-hydrogen) atoms. The molecule has 0 radical (unpaired) electrons. The molecule has 1 aliphatic rings. The minimum atomic E-state index is -0.156. The van der Waals surface area contributed by atoms with E-state index in [9.17, 15) is 4.79 Å². The molecule has 1 aliphatic heterocycles. The van der Waals surface area contributed by atoms with E-state index in [4.69, 9.17) is 5.73 Å². The van der Waals surface area contributed by atoms with Gasteiger partial charge in [0.15, 0.2) is 5.96 Å². The summed E-state index contributed by atoms with van der Waals surface area (Å²) < 4.78 is 0. The number of nitrogens with two attached hydrogens (primary N) is 1. The van der Waals surface area contributed by atoms with E-state index in [0.717, 1.165) is 57.8 Å². The van der Waals surface area contributed by atoms with Gasteiger partial charge in [-0.3, -0.25) is 9.79 Å². The Kier molecular flexibility index (Phi) is 8.12. The molecule has 122 valence electrons. The van der Waals surface area contributed by atoms with Gasteiger partial charge in [0.1, 0.15) is 0 Å². The summed E-state index contributed by atoms with van der Waals surface area (Å²) in [5.41, 5.74) is 5.40. The van der Waals surface area contributed by atoms with E-state index in [-0.39, 0.29) is 11.8 Å². The van der Waals surface area contributed by atoms with Crippen LogP contribution >= 0.6 is 0 Å². The van der Waals surface area contributed by atoms with Crippen molar-refractivity contribution in [2.75, 3.05) is 33.2 Å². The Morgan fingerprint density at radius 3 is 2.90 bits per heavy atom. The lowest BCUT2D eigenvalue weighted by molar-refractivity contribution is -0.123. The van der Waals surface area contributed by atoms with Gasteiger partial charge in [-0.1, -0.05) is 6.92 Å². The van der Waals surface area contributed by atoms with Gasteiger partial charge in [0, 0.05) is 26.2 Å². The molecule has 0 aromatic rings. The second-order valence-corrected chi connectivity index (χ2v) is 5.85. The molecule has 0 aromatic heterocycles. The van der Waals surface area contributed by atoms with Gasteiger partial charge in [0.2, 0.25) is 5.91 Å². The average molecular weight is 297 g/mol. The second-order valence-electron chi connectivity index (χ2n) is 5.85. The van der Waals surface area contributed by atoms with E-state index >= 15 is 0 Å². The summed E-state index contributed by atoms with van der Waals surface area (Å²) in [7, 11) is 1.79. The van der Waals surface area contributed by atoms with Crippen LogP contribution in [0.2, 0.25) is 0 Å².